The number of halogens is 1. The number of fused-ring (bicyclic) bond motifs is 1. The number of benzene rings is 1. The van der Waals surface area contributed by atoms with E-state index < -0.39 is 11.5 Å². The molecule has 6 heteroatoms. The average Bonchev–Trinajstić information content (AvgIpc) is 2.77. The molecule has 0 saturated heterocycles. The maximum Gasteiger partial charge on any atom is 0.305 e. The van der Waals surface area contributed by atoms with E-state index in [2.05, 4.69) is 10.3 Å². The first-order valence-corrected chi connectivity index (χ1v) is 7.26. The van der Waals surface area contributed by atoms with E-state index in [0.29, 0.717) is 18.4 Å². The van der Waals surface area contributed by atoms with Gasteiger partial charge in [-0.15, -0.1) is 0 Å². The third-order valence-corrected chi connectivity index (χ3v) is 4.29. The van der Waals surface area contributed by atoms with Crippen molar-refractivity contribution < 1.29 is 19.1 Å². The van der Waals surface area contributed by atoms with E-state index in [1.165, 1.54) is 12.1 Å². The van der Waals surface area contributed by atoms with Crippen molar-refractivity contribution in [2.45, 2.75) is 37.6 Å². The SMILES string of the molecule is O=C(O)CC1(NC(=O)Cc2c[nH]c3cc(F)ccc23)CCC1. The van der Waals surface area contributed by atoms with Crippen molar-refractivity contribution in [2.75, 3.05) is 0 Å². The highest BCUT2D eigenvalue weighted by molar-refractivity contribution is 5.89. The third kappa shape index (κ3) is 2.81. The summed E-state index contributed by atoms with van der Waals surface area (Å²) in [6.45, 7) is 0. The Morgan fingerprint density at radius 2 is 2.14 bits per heavy atom. The molecule has 0 unspecified atom stereocenters. The maximum absolute atomic E-state index is 13.2. The van der Waals surface area contributed by atoms with Crippen LogP contribution in [0.3, 0.4) is 0 Å². The predicted octanol–water partition coefficient (Wildman–Crippen LogP) is 2.36. The fourth-order valence-electron chi connectivity index (χ4n) is 3.06. The summed E-state index contributed by atoms with van der Waals surface area (Å²) in [6.07, 6.45) is 4.12. The van der Waals surface area contributed by atoms with Crippen molar-refractivity contribution in [1.29, 1.82) is 0 Å². The second kappa shape index (κ2) is 5.44. The summed E-state index contributed by atoms with van der Waals surface area (Å²) in [6, 6.07) is 4.38. The lowest BCUT2D eigenvalue weighted by Crippen LogP contribution is -2.55. The zero-order valence-electron chi connectivity index (χ0n) is 12.0. The second-order valence-corrected chi connectivity index (χ2v) is 5.93. The van der Waals surface area contributed by atoms with Crippen molar-refractivity contribution in [3.05, 3.63) is 35.8 Å². The van der Waals surface area contributed by atoms with Crippen LogP contribution < -0.4 is 5.32 Å². The van der Waals surface area contributed by atoms with Gasteiger partial charge in [-0.3, -0.25) is 9.59 Å². The molecule has 2 aromatic rings. The van der Waals surface area contributed by atoms with Gasteiger partial charge in [-0.2, -0.15) is 0 Å². The number of aromatic amines is 1. The first-order valence-electron chi connectivity index (χ1n) is 7.26. The quantitative estimate of drug-likeness (QED) is 0.793. The largest absolute Gasteiger partial charge is 0.481 e. The molecule has 1 heterocycles. The summed E-state index contributed by atoms with van der Waals surface area (Å²) in [5.41, 5.74) is 0.824. The molecule has 1 aliphatic carbocycles. The average molecular weight is 304 g/mol. The van der Waals surface area contributed by atoms with Crippen LogP contribution in [0.4, 0.5) is 4.39 Å². The number of carbonyl (C=O) groups excluding carboxylic acids is 1. The van der Waals surface area contributed by atoms with Crippen molar-refractivity contribution >= 4 is 22.8 Å². The minimum atomic E-state index is -0.900. The van der Waals surface area contributed by atoms with E-state index in [4.69, 9.17) is 5.11 Å². The van der Waals surface area contributed by atoms with Crippen molar-refractivity contribution in [2.24, 2.45) is 0 Å². The Morgan fingerprint density at radius 1 is 1.36 bits per heavy atom. The number of carboxylic acids is 1. The minimum absolute atomic E-state index is 0.0438. The fraction of sp³-hybridized carbons (Fsp3) is 0.375. The Hall–Kier alpha value is -2.37. The van der Waals surface area contributed by atoms with Crippen LogP contribution >= 0.6 is 0 Å². The molecule has 3 rings (SSSR count). The van der Waals surface area contributed by atoms with Gasteiger partial charge >= 0.3 is 5.97 Å². The fourth-order valence-corrected chi connectivity index (χ4v) is 3.06. The monoisotopic (exact) mass is 304 g/mol. The van der Waals surface area contributed by atoms with Crippen LogP contribution in [0.1, 0.15) is 31.2 Å². The van der Waals surface area contributed by atoms with Crippen LogP contribution in [-0.4, -0.2) is 27.5 Å². The molecule has 1 aliphatic rings. The zero-order valence-corrected chi connectivity index (χ0v) is 12.0. The molecule has 0 radical (unpaired) electrons. The number of hydrogen-bond donors (Lipinski definition) is 3. The van der Waals surface area contributed by atoms with Crippen LogP contribution in [-0.2, 0) is 16.0 Å². The molecule has 1 fully saturated rings. The highest BCUT2D eigenvalue weighted by Gasteiger charge is 2.40. The molecule has 22 heavy (non-hydrogen) atoms. The van der Waals surface area contributed by atoms with Crippen molar-refractivity contribution in [3.8, 4) is 0 Å². The van der Waals surface area contributed by atoms with Gasteiger partial charge in [-0.05, 0) is 43.0 Å². The van der Waals surface area contributed by atoms with Gasteiger partial charge in [0.2, 0.25) is 5.91 Å². The number of amides is 1. The van der Waals surface area contributed by atoms with Gasteiger partial charge in [-0.25, -0.2) is 4.39 Å². The van der Waals surface area contributed by atoms with Crippen LogP contribution in [0.2, 0.25) is 0 Å². The van der Waals surface area contributed by atoms with E-state index in [-0.39, 0.29) is 24.6 Å². The molecule has 1 amide bonds. The van der Waals surface area contributed by atoms with Gasteiger partial charge in [0.25, 0.3) is 0 Å². The number of carbonyl (C=O) groups is 2. The number of aliphatic carboxylic acids is 1. The molecule has 116 valence electrons. The Morgan fingerprint density at radius 3 is 2.77 bits per heavy atom. The number of aromatic nitrogens is 1. The molecule has 0 bridgehead atoms. The molecule has 0 aliphatic heterocycles. The number of H-pyrrole nitrogens is 1. The first-order chi connectivity index (χ1) is 10.5. The summed E-state index contributed by atoms with van der Waals surface area (Å²) in [7, 11) is 0. The Bertz CT molecular complexity index is 734. The Balaban J connectivity index is 1.72. The normalized spacial score (nSPS) is 16.2. The lowest BCUT2D eigenvalue weighted by Gasteiger charge is -2.41. The van der Waals surface area contributed by atoms with Gasteiger partial charge in [0.05, 0.1) is 18.4 Å². The number of nitrogens with one attached hydrogen (secondary N) is 2. The molecule has 1 saturated carbocycles. The molecule has 5 nitrogen and oxygen atoms in total. The summed E-state index contributed by atoms with van der Waals surface area (Å²) in [5, 5.41) is 12.6. The smallest absolute Gasteiger partial charge is 0.305 e. The number of rotatable bonds is 5. The molecule has 1 aromatic carbocycles. The van der Waals surface area contributed by atoms with E-state index in [1.807, 2.05) is 0 Å². The maximum atomic E-state index is 13.2. The van der Waals surface area contributed by atoms with E-state index in [9.17, 15) is 14.0 Å². The van der Waals surface area contributed by atoms with Crippen LogP contribution in [0.15, 0.2) is 24.4 Å². The van der Waals surface area contributed by atoms with Gasteiger partial charge in [0.15, 0.2) is 0 Å². The summed E-state index contributed by atoms with van der Waals surface area (Å²) in [4.78, 5) is 26.1. The molecule has 0 spiro atoms. The third-order valence-electron chi connectivity index (χ3n) is 4.29. The van der Waals surface area contributed by atoms with Crippen molar-refractivity contribution in [3.63, 3.8) is 0 Å². The van der Waals surface area contributed by atoms with E-state index in [1.54, 1.807) is 12.3 Å². The van der Waals surface area contributed by atoms with E-state index >= 15 is 0 Å². The van der Waals surface area contributed by atoms with E-state index in [0.717, 1.165) is 17.4 Å². The lowest BCUT2D eigenvalue weighted by molar-refractivity contribution is -0.140. The van der Waals surface area contributed by atoms with Crippen molar-refractivity contribution in [1.82, 2.24) is 10.3 Å². The molecule has 3 N–H and O–H groups in total. The topological polar surface area (TPSA) is 82.2 Å². The highest BCUT2D eigenvalue weighted by atomic mass is 19.1. The summed E-state index contributed by atoms with van der Waals surface area (Å²) in [5.74, 6) is -1.44. The zero-order chi connectivity index (χ0) is 15.7. The Labute approximate surface area is 126 Å². The molecular formula is C16H17FN2O3. The van der Waals surface area contributed by atoms with Gasteiger partial charge < -0.3 is 15.4 Å². The predicted molar refractivity (Wildman–Crippen MR) is 78.9 cm³/mol. The lowest BCUT2D eigenvalue weighted by atomic mass is 9.74. The summed E-state index contributed by atoms with van der Waals surface area (Å²) < 4.78 is 13.2. The minimum Gasteiger partial charge on any atom is -0.481 e. The first kappa shape index (κ1) is 14.6. The molecule has 1 aromatic heterocycles. The summed E-state index contributed by atoms with van der Waals surface area (Å²) >= 11 is 0. The van der Waals surface area contributed by atoms with Gasteiger partial charge in [-0.1, -0.05) is 0 Å². The van der Waals surface area contributed by atoms with Crippen LogP contribution in [0.25, 0.3) is 10.9 Å². The second-order valence-electron chi connectivity index (χ2n) is 5.93. The highest BCUT2D eigenvalue weighted by Crippen LogP contribution is 2.35. The van der Waals surface area contributed by atoms with Gasteiger partial charge in [0, 0.05) is 17.1 Å². The standard InChI is InChI=1S/C16H17FN2O3/c17-11-2-3-12-10(9-18-13(12)7-11)6-14(20)19-16(4-1-5-16)8-15(21)22/h2-3,7,9,18H,1,4-6,8H2,(H,19,20)(H,21,22). The van der Waals surface area contributed by atoms with Crippen LogP contribution in [0.5, 0.6) is 0 Å². The molecular weight excluding hydrogens is 287 g/mol. The number of hydrogen-bond acceptors (Lipinski definition) is 2. The Kier molecular flexibility index (Phi) is 3.60. The van der Waals surface area contributed by atoms with Gasteiger partial charge in [0.1, 0.15) is 5.82 Å². The number of carboxylic acid groups (broad SMARTS) is 1. The van der Waals surface area contributed by atoms with Crippen LogP contribution in [0, 0.1) is 5.82 Å². The molecule has 0 atom stereocenters.